The van der Waals surface area contributed by atoms with Crippen LogP contribution in [0.3, 0.4) is 0 Å². The monoisotopic (exact) mass is 2070 g/mol. The van der Waals surface area contributed by atoms with Crippen LogP contribution in [-0.2, 0) is 76.3 Å². The maximum atomic E-state index is 12.8. The summed E-state index contributed by atoms with van der Waals surface area (Å²) in [4.78, 5) is 156. The summed E-state index contributed by atoms with van der Waals surface area (Å²) in [5.41, 5.74) is 6.55. The number of anilines is 4. The summed E-state index contributed by atoms with van der Waals surface area (Å²) in [5, 5.41) is 35.6. The van der Waals surface area contributed by atoms with E-state index in [1.54, 1.807) is 88.4 Å². The molecule has 14 heterocycles. The molecule has 0 spiro atoms. The molecule has 1 aliphatic carbocycles. The van der Waals surface area contributed by atoms with Crippen LogP contribution in [0.25, 0.3) is 55.3 Å². The summed E-state index contributed by atoms with van der Waals surface area (Å²) >= 11 is 0. The van der Waals surface area contributed by atoms with E-state index in [0.717, 1.165) is 103 Å². The number of aromatic amines is 1. The number of carbonyl (C=O) groups excluding carboxylic acids is 5. The molecule has 3 unspecified atom stereocenters. The first-order valence-corrected chi connectivity index (χ1v) is 49.8. The van der Waals surface area contributed by atoms with Gasteiger partial charge in [0.1, 0.15) is 62.1 Å². The number of carbonyl (C=O) groups is 6. The highest BCUT2D eigenvalue weighted by Crippen LogP contribution is 2.45. The van der Waals surface area contributed by atoms with Crippen LogP contribution in [0.4, 0.5) is 60.9 Å². The number of H-pyrrole nitrogens is 1. The summed E-state index contributed by atoms with van der Waals surface area (Å²) < 4.78 is 69.7. The Hall–Kier alpha value is -14.8. The van der Waals surface area contributed by atoms with E-state index >= 15 is 0 Å². The largest absolute Gasteiger partial charge is 0.490 e. The lowest BCUT2D eigenvalue weighted by molar-refractivity contribution is -0.192. The van der Waals surface area contributed by atoms with Crippen LogP contribution < -0.4 is 63.1 Å². The van der Waals surface area contributed by atoms with E-state index in [0.29, 0.717) is 154 Å². The van der Waals surface area contributed by atoms with Gasteiger partial charge < -0.3 is 94.2 Å². The number of piperazine rings is 3. The van der Waals surface area contributed by atoms with E-state index < -0.39 is 40.6 Å². The Morgan fingerprint density at radius 2 is 0.839 bits per heavy atom. The minimum absolute atomic E-state index is 0.0387. The van der Waals surface area contributed by atoms with Crippen molar-refractivity contribution in [1.29, 1.82) is 0 Å². The number of hydrogen-bond donors (Lipinski definition) is 6. The predicted octanol–water partition coefficient (Wildman–Crippen LogP) is 8.99. The van der Waals surface area contributed by atoms with Crippen molar-refractivity contribution >= 4 is 104 Å². The summed E-state index contributed by atoms with van der Waals surface area (Å²) in [5.74, 6) is 18.0. The molecule has 17 rings (SSSR count). The van der Waals surface area contributed by atoms with Crippen LogP contribution in [-0.4, -0.2) is 324 Å². The Kier molecular flexibility index (Phi) is 39.0. The van der Waals surface area contributed by atoms with Gasteiger partial charge in [-0.15, -0.1) is 17.8 Å². The molecule has 47 heteroatoms. The van der Waals surface area contributed by atoms with Gasteiger partial charge in [0.15, 0.2) is 5.52 Å². The van der Waals surface area contributed by atoms with Crippen molar-refractivity contribution < 1.29 is 70.7 Å². The van der Waals surface area contributed by atoms with E-state index in [-0.39, 0.29) is 64.6 Å². The highest BCUT2D eigenvalue weighted by molar-refractivity contribution is 5.82. The van der Waals surface area contributed by atoms with Crippen LogP contribution in [0.2, 0.25) is 0 Å². The number of piperidine rings is 3. The number of aryl methyl sites for hydroxylation is 4. The lowest BCUT2D eigenvalue weighted by Gasteiger charge is -2.36. The number of nitrogens with zero attached hydrogens (tertiary/aromatic N) is 23. The number of imidazole rings is 4. The van der Waals surface area contributed by atoms with Gasteiger partial charge in [-0.2, -0.15) is 33.6 Å². The number of fused-ring (bicyclic) bond motifs is 7. The van der Waals surface area contributed by atoms with Gasteiger partial charge in [0.25, 0.3) is 22.2 Å². The molecular formula is C102H141F3N28O16. The lowest BCUT2D eigenvalue weighted by atomic mass is 9.98. The molecular weight excluding hydrogens is 1930 g/mol. The van der Waals surface area contributed by atoms with Crippen molar-refractivity contribution in [1.82, 2.24) is 119 Å². The van der Waals surface area contributed by atoms with E-state index in [9.17, 15) is 56.3 Å². The average Bonchev–Trinajstić information content (AvgIpc) is 1.66. The molecule has 6 saturated heterocycles. The fourth-order valence-corrected chi connectivity index (χ4v) is 17.3. The molecule has 6 fully saturated rings. The molecule has 7 aliphatic rings. The molecule has 8 aromatic heterocycles. The van der Waals surface area contributed by atoms with Crippen molar-refractivity contribution in [2.24, 2.45) is 28.2 Å². The maximum absolute atomic E-state index is 12.8. The molecule has 149 heavy (non-hydrogen) atoms. The number of hydrogen-bond acceptors (Lipinski definition) is 30. The number of alkyl halides is 3. The van der Waals surface area contributed by atoms with Gasteiger partial charge in [-0.3, -0.25) is 32.9 Å². The number of rotatable bonds is 12. The third kappa shape index (κ3) is 31.4. The van der Waals surface area contributed by atoms with Gasteiger partial charge in [-0.05, 0) is 185 Å². The maximum Gasteiger partial charge on any atom is 0.490 e. The Bertz CT molecular complexity index is 6760. The van der Waals surface area contributed by atoms with Crippen molar-refractivity contribution in [3.63, 3.8) is 0 Å². The number of aromatic nitrogens is 16. The minimum Gasteiger partial charge on any atom is -0.475 e. The number of aliphatic carboxylic acids is 1. The fraction of sp³-hybridized carbons (Fsp3) is 0.569. The zero-order valence-corrected chi connectivity index (χ0v) is 89.0. The van der Waals surface area contributed by atoms with Gasteiger partial charge in [0, 0.05) is 163 Å². The van der Waals surface area contributed by atoms with Gasteiger partial charge in [0.2, 0.25) is 23.8 Å². The first-order chi connectivity index (χ1) is 70.4. The molecule has 0 bridgehead atoms. The molecule has 0 saturated carbocycles. The molecule has 3 atom stereocenters. The number of alkyl carbamates (subject to hydrolysis) is 2. The summed E-state index contributed by atoms with van der Waals surface area (Å²) in [6.07, 6.45) is 5.70. The first kappa shape index (κ1) is 115. The highest BCUT2D eigenvalue weighted by Gasteiger charge is 2.40. The Labute approximate surface area is 863 Å². The third-order valence-corrected chi connectivity index (χ3v) is 24.6. The zero-order chi connectivity index (χ0) is 109. The van der Waals surface area contributed by atoms with Gasteiger partial charge >= 0.3 is 42.6 Å². The van der Waals surface area contributed by atoms with E-state index in [1.807, 2.05) is 133 Å². The number of ether oxygens (including phenoxy) is 5. The zero-order valence-electron chi connectivity index (χ0n) is 89.0. The van der Waals surface area contributed by atoms with Crippen molar-refractivity contribution in [3.05, 3.63) is 126 Å². The van der Waals surface area contributed by atoms with E-state index in [2.05, 4.69) is 153 Å². The minimum atomic E-state index is -5.08. The Morgan fingerprint density at radius 3 is 1.26 bits per heavy atom. The number of likely N-dealkylation sites (tertiary alicyclic amines) is 1. The molecule has 2 aromatic carbocycles. The van der Waals surface area contributed by atoms with Crippen LogP contribution in [0.15, 0.2) is 92.5 Å². The van der Waals surface area contributed by atoms with Crippen LogP contribution in [0.1, 0.15) is 159 Å². The van der Waals surface area contributed by atoms with Gasteiger partial charge in [-0.25, -0.2) is 67.4 Å². The van der Waals surface area contributed by atoms with Crippen molar-refractivity contribution in [2.75, 3.05) is 158 Å². The normalized spacial score (nSPS) is 16.9. The SMILES string of the molecule is CC#CCn1c(N2CCCC(NC)C2)nc2cnn(C)c(=O)c21.CC#CCn1c(N2CCN(C(=O)OC(C)(C)C)CC2)nc2cnn(C)c(=O)c21.CC#CCn1c(N2CCN(C)CC2)nc2cnn(C)c(=O)c21.CC(C)(C)OC(=O)NC1CCCN(C(=O)OCC2c3ccccc3-c3ccccc32)C1.CC(C)(C)OC(=O)NC1CCCNC1.Cn1ncc2[nH]c(N3CCN(C(=O)OC(C)(C)C)CC3)nc2c1=O.O=C(O)C(F)(F)F. The number of amides is 5. The smallest absolute Gasteiger partial charge is 0.475 e. The fourth-order valence-electron chi connectivity index (χ4n) is 17.3. The van der Waals surface area contributed by atoms with Crippen LogP contribution in [0, 0.1) is 35.5 Å². The molecule has 0 radical (unpaired) electrons. The molecule has 6 aliphatic heterocycles. The molecule has 5 amide bonds. The summed E-state index contributed by atoms with van der Waals surface area (Å²) in [6.45, 7) is 42.2. The van der Waals surface area contributed by atoms with E-state index in [1.165, 1.54) is 41.0 Å². The third-order valence-electron chi connectivity index (χ3n) is 24.6. The molecule has 44 nitrogen and oxygen atoms in total. The second-order valence-electron chi connectivity index (χ2n) is 40.6. The molecule has 10 aromatic rings. The lowest BCUT2D eigenvalue weighted by Crippen LogP contribution is -2.50. The van der Waals surface area contributed by atoms with Crippen LogP contribution in [0.5, 0.6) is 0 Å². The highest BCUT2D eigenvalue weighted by atomic mass is 19.4. The van der Waals surface area contributed by atoms with Crippen LogP contribution >= 0.6 is 0 Å². The number of nitrogens with one attached hydrogen (secondary N) is 5. The Morgan fingerprint density at radius 1 is 0.450 bits per heavy atom. The number of carboxylic acids is 1. The van der Waals surface area contributed by atoms with Crippen molar-refractivity contribution in [3.8, 4) is 46.6 Å². The quantitative estimate of drug-likeness (QED) is 0.0490. The second kappa shape index (κ2) is 50.7. The van der Waals surface area contributed by atoms with E-state index in [4.69, 9.17) is 33.6 Å². The number of benzene rings is 2. The predicted molar refractivity (Wildman–Crippen MR) is 560 cm³/mol. The number of likely N-dealkylation sites (N-methyl/N-ethyl adjacent to an activating group) is 2. The standard InChI is InChI=1S/C25H30N2O4.C19H26N6O3.C16H22N6O.C15H22N6O3.C15H20N6O.C10H20N2O2.C2HF3O2/c1-25(2,3)31-23(28)26-17-9-8-14-27(15-17)24(29)30-16-22-20-12-6-4-10-18(20)19-11-5-7-13-21(19)22;1-6-7-8-25-15-14(13-20-22(5)16(15)26)21-17(25)23-9-11-24(12-10-23)18(27)28-19(2,3)4;1-4-5-9-22-14-13(10-18-20(3)15(14)23)19-16(22)21-8-6-7-12(11-21)17-2;1-15(2,3)24-14(23)21-7-5-20(6-8-21)13-17-10-9-16-19(4)12(22)11(10)18-13;1-4-5-6-21-13-12(11-16-19(3)14(13)22)17-15(21)20-9-7-18(2)8-10-20;1-10(2,3)14-9(13)12-8-5-4-6-11-7-8;3-2(4,5)1(6)7/h4-7,10-13,17,22H,8-9,14-16H2,1-3H3,(H,26,28);13H,8-12H2,1-5H3;10,12,17H,6-9,11H2,1-3H3;9H,5-8H2,1-4H3,(H,17,18);11H,6-10H2,1-3H3;8,11H,4-7H2,1-3H3,(H,12,13);(H,6,7). The van der Waals surface area contributed by atoms with Gasteiger partial charge in [0.05, 0.1) is 49.9 Å². The molecule has 6 N–H and O–H groups in total. The average molecular weight is 2070 g/mol. The number of halogens is 3. The first-order valence-electron chi connectivity index (χ1n) is 49.8. The Balaban J connectivity index is 0.000000169. The molecule has 806 valence electrons. The van der Waals surface area contributed by atoms with Gasteiger partial charge in [-0.1, -0.05) is 66.3 Å². The topological polar surface area (TPSA) is 465 Å². The number of carboxylic acid groups (broad SMARTS) is 1. The summed E-state index contributed by atoms with van der Waals surface area (Å²) in [6, 6.07) is 17.1. The second-order valence-corrected chi connectivity index (χ2v) is 40.6. The van der Waals surface area contributed by atoms with Crippen molar-refractivity contribution in [2.45, 2.75) is 215 Å². The summed E-state index contributed by atoms with van der Waals surface area (Å²) in [7, 11) is 10.6.